The zero-order valence-corrected chi connectivity index (χ0v) is 12.9. The SMILES string of the molecule is CCC1CNCCC1(NC)c1nc2c(s1)CCCC2. The lowest BCUT2D eigenvalue weighted by Gasteiger charge is -2.42. The number of rotatable bonds is 3. The number of thiazole rings is 1. The summed E-state index contributed by atoms with van der Waals surface area (Å²) in [5.41, 5.74) is 1.51. The number of hydrogen-bond donors (Lipinski definition) is 2. The van der Waals surface area contributed by atoms with Gasteiger partial charge in [0.25, 0.3) is 0 Å². The van der Waals surface area contributed by atoms with Crippen molar-refractivity contribution in [2.45, 2.75) is 51.0 Å². The van der Waals surface area contributed by atoms with Crippen LogP contribution in [0.1, 0.15) is 48.2 Å². The molecule has 1 aliphatic carbocycles. The highest BCUT2D eigenvalue weighted by atomic mass is 32.1. The molecule has 4 heteroatoms. The van der Waals surface area contributed by atoms with Gasteiger partial charge in [-0.15, -0.1) is 11.3 Å². The van der Waals surface area contributed by atoms with Crippen molar-refractivity contribution in [3.63, 3.8) is 0 Å². The molecule has 1 saturated heterocycles. The number of fused-ring (bicyclic) bond motifs is 1. The topological polar surface area (TPSA) is 37.0 Å². The third-order valence-corrected chi connectivity index (χ3v) is 6.29. The van der Waals surface area contributed by atoms with Gasteiger partial charge in [0.05, 0.1) is 11.2 Å². The first kappa shape index (κ1) is 13.5. The van der Waals surface area contributed by atoms with Crippen LogP contribution >= 0.6 is 11.3 Å². The highest BCUT2D eigenvalue weighted by Crippen LogP contribution is 2.41. The summed E-state index contributed by atoms with van der Waals surface area (Å²) in [6.07, 6.45) is 7.48. The fourth-order valence-corrected chi connectivity index (χ4v) is 5.15. The van der Waals surface area contributed by atoms with Crippen molar-refractivity contribution in [3.8, 4) is 0 Å². The molecule has 0 saturated carbocycles. The molecular weight excluding hydrogens is 254 g/mol. The second kappa shape index (κ2) is 5.51. The predicted molar refractivity (Wildman–Crippen MR) is 80.8 cm³/mol. The Morgan fingerprint density at radius 3 is 3.00 bits per heavy atom. The quantitative estimate of drug-likeness (QED) is 0.892. The molecule has 3 rings (SSSR count). The lowest BCUT2D eigenvalue weighted by molar-refractivity contribution is 0.159. The van der Waals surface area contributed by atoms with Gasteiger partial charge in [-0.25, -0.2) is 4.98 Å². The van der Waals surface area contributed by atoms with Gasteiger partial charge in [0.2, 0.25) is 0 Å². The zero-order valence-electron chi connectivity index (χ0n) is 12.1. The molecule has 0 bridgehead atoms. The van der Waals surface area contributed by atoms with E-state index in [9.17, 15) is 0 Å². The van der Waals surface area contributed by atoms with Gasteiger partial charge in [0.15, 0.2) is 0 Å². The van der Waals surface area contributed by atoms with Gasteiger partial charge in [0.1, 0.15) is 5.01 Å². The third-order valence-electron chi connectivity index (χ3n) is 4.95. The molecule has 1 aromatic heterocycles. The van der Waals surface area contributed by atoms with Crippen molar-refractivity contribution in [2.24, 2.45) is 5.92 Å². The fraction of sp³-hybridized carbons (Fsp3) is 0.800. The predicted octanol–water partition coefficient (Wildman–Crippen LogP) is 2.46. The van der Waals surface area contributed by atoms with Crippen LogP contribution in [0.15, 0.2) is 0 Å². The van der Waals surface area contributed by atoms with Crippen molar-refractivity contribution in [2.75, 3.05) is 20.1 Å². The van der Waals surface area contributed by atoms with Gasteiger partial charge in [0, 0.05) is 11.4 Å². The maximum absolute atomic E-state index is 5.04. The van der Waals surface area contributed by atoms with Crippen LogP contribution < -0.4 is 10.6 Å². The summed E-state index contributed by atoms with van der Waals surface area (Å²) in [7, 11) is 2.12. The first-order valence-electron chi connectivity index (χ1n) is 7.69. The van der Waals surface area contributed by atoms with E-state index in [1.54, 1.807) is 4.88 Å². The van der Waals surface area contributed by atoms with E-state index in [0.29, 0.717) is 5.92 Å². The fourth-order valence-electron chi connectivity index (χ4n) is 3.69. The molecule has 2 aliphatic rings. The number of nitrogens with one attached hydrogen (secondary N) is 2. The van der Waals surface area contributed by atoms with Crippen LogP contribution in [0.2, 0.25) is 0 Å². The van der Waals surface area contributed by atoms with Crippen LogP contribution in [-0.2, 0) is 18.4 Å². The van der Waals surface area contributed by atoms with Gasteiger partial charge < -0.3 is 10.6 Å². The smallest absolute Gasteiger partial charge is 0.114 e. The van der Waals surface area contributed by atoms with E-state index in [1.165, 1.54) is 42.8 Å². The van der Waals surface area contributed by atoms with Gasteiger partial charge in [-0.3, -0.25) is 0 Å². The van der Waals surface area contributed by atoms with Crippen LogP contribution in [0.5, 0.6) is 0 Å². The Morgan fingerprint density at radius 1 is 1.42 bits per heavy atom. The minimum absolute atomic E-state index is 0.113. The van der Waals surface area contributed by atoms with E-state index in [2.05, 4.69) is 24.6 Å². The van der Waals surface area contributed by atoms with E-state index in [0.717, 1.165) is 19.5 Å². The maximum atomic E-state index is 5.04. The van der Waals surface area contributed by atoms with Crippen LogP contribution in [-0.4, -0.2) is 25.1 Å². The molecule has 2 unspecified atom stereocenters. The van der Waals surface area contributed by atoms with E-state index < -0.39 is 0 Å². The number of hydrogen-bond acceptors (Lipinski definition) is 4. The first-order valence-corrected chi connectivity index (χ1v) is 8.50. The molecule has 1 fully saturated rings. The minimum Gasteiger partial charge on any atom is -0.316 e. The Hall–Kier alpha value is -0.450. The molecule has 2 heterocycles. The summed E-state index contributed by atoms with van der Waals surface area (Å²) in [6, 6.07) is 0. The van der Waals surface area contributed by atoms with Gasteiger partial charge in [-0.2, -0.15) is 0 Å². The number of nitrogens with zero attached hydrogens (tertiary/aromatic N) is 1. The summed E-state index contributed by atoms with van der Waals surface area (Å²) in [5.74, 6) is 0.652. The lowest BCUT2D eigenvalue weighted by Crippen LogP contribution is -2.55. The lowest BCUT2D eigenvalue weighted by atomic mass is 9.77. The molecule has 0 aromatic carbocycles. The van der Waals surface area contributed by atoms with Gasteiger partial charge >= 0.3 is 0 Å². The normalized spacial score (nSPS) is 31.2. The third kappa shape index (κ3) is 2.24. The van der Waals surface area contributed by atoms with E-state index in [1.807, 2.05) is 11.3 Å². The number of aryl methyl sites for hydroxylation is 2. The molecule has 0 radical (unpaired) electrons. The Bertz CT molecular complexity index is 419. The molecular formula is C15H25N3S. The highest BCUT2D eigenvalue weighted by molar-refractivity contribution is 7.11. The van der Waals surface area contributed by atoms with Crippen LogP contribution in [0.25, 0.3) is 0 Å². The largest absolute Gasteiger partial charge is 0.316 e. The minimum atomic E-state index is 0.113. The Labute approximate surface area is 120 Å². The molecule has 106 valence electrons. The molecule has 0 amide bonds. The van der Waals surface area contributed by atoms with E-state index >= 15 is 0 Å². The van der Waals surface area contributed by atoms with E-state index in [-0.39, 0.29) is 5.54 Å². The van der Waals surface area contributed by atoms with Gasteiger partial charge in [-0.1, -0.05) is 6.92 Å². The van der Waals surface area contributed by atoms with Crippen molar-refractivity contribution < 1.29 is 0 Å². The summed E-state index contributed by atoms with van der Waals surface area (Å²) < 4.78 is 0. The molecule has 19 heavy (non-hydrogen) atoms. The average molecular weight is 279 g/mol. The second-order valence-electron chi connectivity index (χ2n) is 5.88. The highest BCUT2D eigenvalue weighted by Gasteiger charge is 2.43. The molecule has 1 aromatic rings. The molecule has 1 aliphatic heterocycles. The summed E-state index contributed by atoms with van der Waals surface area (Å²) >= 11 is 1.98. The standard InChI is InChI=1S/C15H25N3S/c1-3-11-10-17-9-8-15(11,16-2)14-18-12-6-4-5-7-13(12)19-14/h11,16-17H,3-10H2,1-2H3. The Balaban J connectivity index is 1.98. The Kier molecular flexibility index (Phi) is 3.92. The van der Waals surface area contributed by atoms with Crippen LogP contribution in [0.3, 0.4) is 0 Å². The van der Waals surface area contributed by atoms with Crippen LogP contribution in [0, 0.1) is 5.92 Å². The molecule has 0 spiro atoms. The van der Waals surface area contributed by atoms with Crippen molar-refractivity contribution >= 4 is 11.3 Å². The first-order chi connectivity index (χ1) is 9.30. The summed E-state index contributed by atoms with van der Waals surface area (Å²) in [6.45, 7) is 4.51. The number of aromatic nitrogens is 1. The van der Waals surface area contributed by atoms with Gasteiger partial charge in [-0.05, 0) is 58.0 Å². The monoisotopic (exact) mass is 279 g/mol. The molecule has 2 atom stereocenters. The average Bonchev–Trinajstić information content (AvgIpc) is 2.91. The van der Waals surface area contributed by atoms with Crippen LogP contribution in [0.4, 0.5) is 0 Å². The summed E-state index contributed by atoms with van der Waals surface area (Å²) in [4.78, 5) is 6.60. The Morgan fingerprint density at radius 2 is 2.26 bits per heavy atom. The summed E-state index contributed by atoms with van der Waals surface area (Å²) in [5, 5.41) is 8.55. The zero-order chi connectivity index (χ0) is 13.3. The van der Waals surface area contributed by atoms with Crippen molar-refractivity contribution in [1.29, 1.82) is 0 Å². The van der Waals surface area contributed by atoms with Crippen molar-refractivity contribution in [1.82, 2.24) is 15.6 Å². The maximum Gasteiger partial charge on any atom is 0.114 e. The molecule has 3 nitrogen and oxygen atoms in total. The second-order valence-corrected chi connectivity index (χ2v) is 6.96. The van der Waals surface area contributed by atoms with E-state index in [4.69, 9.17) is 4.98 Å². The molecule has 2 N–H and O–H groups in total. The number of piperidine rings is 1. The van der Waals surface area contributed by atoms with Crippen molar-refractivity contribution in [3.05, 3.63) is 15.6 Å².